The highest BCUT2D eigenvalue weighted by molar-refractivity contribution is 5.85. The first-order chi connectivity index (χ1) is 9.32. The van der Waals surface area contributed by atoms with Crippen LogP contribution in [-0.4, -0.2) is 31.1 Å². The summed E-state index contributed by atoms with van der Waals surface area (Å²) >= 11 is 0. The lowest BCUT2D eigenvalue weighted by Gasteiger charge is -2.42. The Kier molecular flexibility index (Phi) is 5.25. The van der Waals surface area contributed by atoms with E-state index < -0.39 is 0 Å². The number of hydrogen-bond acceptors (Lipinski definition) is 2. The van der Waals surface area contributed by atoms with Gasteiger partial charge in [-0.3, -0.25) is 4.90 Å². The number of rotatable bonds is 2. The molecule has 2 heterocycles. The van der Waals surface area contributed by atoms with Crippen molar-refractivity contribution in [3.05, 3.63) is 35.9 Å². The molecule has 2 unspecified atom stereocenters. The van der Waals surface area contributed by atoms with Crippen LogP contribution in [0.25, 0.3) is 0 Å². The summed E-state index contributed by atoms with van der Waals surface area (Å²) in [7, 11) is 0. The lowest BCUT2D eigenvalue weighted by Crippen LogP contribution is -2.42. The van der Waals surface area contributed by atoms with E-state index in [0.717, 1.165) is 6.54 Å². The highest BCUT2D eigenvalue weighted by Crippen LogP contribution is 2.57. The summed E-state index contributed by atoms with van der Waals surface area (Å²) in [6, 6.07) is 11.0. The van der Waals surface area contributed by atoms with Gasteiger partial charge in [0.1, 0.15) is 0 Å². The molecule has 2 nitrogen and oxygen atoms in total. The Morgan fingerprint density at radius 1 is 0.905 bits per heavy atom. The van der Waals surface area contributed by atoms with Crippen molar-refractivity contribution in [3.63, 3.8) is 0 Å². The third-order valence-electron chi connectivity index (χ3n) is 5.91. The zero-order chi connectivity index (χ0) is 12.8. The Morgan fingerprint density at radius 2 is 1.48 bits per heavy atom. The zero-order valence-electron chi connectivity index (χ0n) is 12.5. The largest absolute Gasteiger partial charge is 0.315 e. The Bertz CT molecular complexity index is 445. The second-order valence-electron chi connectivity index (χ2n) is 7.00. The molecule has 1 aliphatic carbocycles. The van der Waals surface area contributed by atoms with Gasteiger partial charge in [-0.05, 0) is 18.4 Å². The Hall–Kier alpha value is -0.280. The monoisotopic (exact) mass is 328 g/mol. The number of nitrogens with one attached hydrogen (secondary N) is 1. The predicted molar refractivity (Wildman–Crippen MR) is 92.4 cm³/mol. The summed E-state index contributed by atoms with van der Waals surface area (Å²) < 4.78 is 0. The fourth-order valence-electron chi connectivity index (χ4n) is 5.02. The molecule has 0 amide bonds. The first-order valence-electron chi connectivity index (χ1n) is 7.79. The zero-order valence-corrected chi connectivity index (χ0v) is 14.1. The summed E-state index contributed by atoms with van der Waals surface area (Å²) in [6.07, 6.45) is 5.79. The minimum absolute atomic E-state index is 0. The van der Waals surface area contributed by atoms with Gasteiger partial charge in [0.05, 0.1) is 0 Å². The van der Waals surface area contributed by atoms with Gasteiger partial charge in [0, 0.05) is 43.6 Å². The van der Waals surface area contributed by atoms with E-state index in [0.29, 0.717) is 10.8 Å². The van der Waals surface area contributed by atoms with E-state index in [-0.39, 0.29) is 24.8 Å². The highest BCUT2D eigenvalue weighted by atomic mass is 35.5. The SMILES string of the molecule is Cl.Cl.c1ccc(CN2CC34CCCCC3(CNC4)C2)cc1. The molecule has 2 atom stereocenters. The molecule has 4 rings (SSSR count). The van der Waals surface area contributed by atoms with Crippen molar-refractivity contribution in [1.29, 1.82) is 0 Å². The van der Waals surface area contributed by atoms with Crippen LogP contribution in [0.2, 0.25) is 0 Å². The molecule has 0 spiro atoms. The van der Waals surface area contributed by atoms with Crippen molar-refractivity contribution in [2.45, 2.75) is 32.2 Å². The quantitative estimate of drug-likeness (QED) is 0.893. The predicted octanol–water partition coefficient (Wildman–Crippen LogP) is 3.50. The molecule has 3 fully saturated rings. The molecule has 1 N–H and O–H groups in total. The third kappa shape index (κ3) is 2.72. The molecule has 118 valence electrons. The second kappa shape index (κ2) is 6.45. The Labute approximate surface area is 140 Å². The molecule has 2 saturated heterocycles. The van der Waals surface area contributed by atoms with Crippen molar-refractivity contribution in [2.75, 3.05) is 26.2 Å². The van der Waals surface area contributed by atoms with Crippen LogP contribution in [-0.2, 0) is 6.54 Å². The first-order valence-corrected chi connectivity index (χ1v) is 7.79. The first kappa shape index (κ1) is 17.1. The van der Waals surface area contributed by atoms with Gasteiger partial charge in [-0.15, -0.1) is 24.8 Å². The molecule has 1 aromatic rings. The summed E-state index contributed by atoms with van der Waals surface area (Å²) in [5.41, 5.74) is 2.67. The van der Waals surface area contributed by atoms with Gasteiger partial charge in [-0.25, -0.2) is 0 Å². The van der Waals surface area contributed by atoms with Crippen LogP contribution < -0.4 is 5.32 Å². The normalized spacial score (nSPS) is 34.5. The standard InChI is InChI=1S/C17H24N2.2ClH/c1-2-6-15(7-3-1)10-19-13-16-8-4-5-9-17(16,14-19)12-18-11-16;;/h1-3,6-7,18H,4-5,8-14H2;2*1H. The molecule has 0 aromatic heterocycles. The van der Waals surface area contributed by atoms with Gasteiger partial charge in [0.15, 0.2) is 0 Å². The average Bonchev–Trinajstić information content (AvgIpc) is 2.92. The third-order valence-corrected chi connectivity index (χ3v) is 5.91. The van der Waals surface area contributed by atoms with E-state index in [9.17, 15) is 0 Å². The van der Waals surface area contributed by atoms with Crippen LogP contribution in [0.1, 0.15) is 31.2 Å². The van der Waals surface area contributed by atoms with Crippen LogP contribution in [0.15, 0.2) is 30.3 Å². The van der Waals surface area contributed by atoms with E-state index in [2.05, 4.69) is 40.5 Å². The number of likely N-dealkylation sites (tertiary alicyclic amines) is 1. The minimum atomic E-state index is 0. The summed E-state index contributed by atoms with van der Waals surface area (Å²) in [5.74, 6) is 0. The van der Waals surface area contributed by atoms with Gasteiger partial charge < -0.3 is 5.32 Å². The van der Waals surface area contributed by atoms with Crippen LogP contribution >= 0.6 is 24.8 Å². The lowest BCUT2D eigenvalue weighted by atomic mass is 9.60. The van der Waals surface area contributed by atoms with Crippen LogP contribution in [0, 0.1) is 10.8 Å². The number of nitrogens with zero attached hydrogens (tertiary/aromatic N) is 1. The molecule has 1 saturated carbocycles. The van der Waals surface area contributed by atoms with Gasteiger partial charge in [-0.2, -0.15) is 0 Å². The number of benzene rings is 1. The Balaban J connectivity index is 0.000000807. The second-order valence-corrected chi connectivity index (χ2v) is 7.00. The molecule has 1 aromatic carbocycles. The molecule has 0 radical (unpaired) electrons. The topological polar surface area (TPSA) is 15.3 Å². The molecule has 4 heteroatoms. The number of halogens is 2. The van der Waals surface area contributed by atoms with Gasteiger partial charge in [0.2, 0.25) is 0 Å². The summed E-state index contributed by atoms with van der Waals surface area (Å²) in [6.45, 7) is 6.30. The van der Waals surface area contributed by atoms with Gasteiger partial charge >= 0.3 is 0 Å². The molecular weight excluding hydrogens is 303 g/mol. The number of hydrogen-bond donors (Lipinski definition) is 1. The van der Waals surface area contributed by atoms with E-state index in [1.165, 1.54) is 57.4 Å². The average molecular weight is 329 g/mol. The molecule has 2 aliphatic heterocycles. The molecule has 3 aliphatic rings. The van der Waals surface area contributed by atoms with Crippen molar-refractivity contribution in [3.8, 4) is 0 Å². The van der Waals surface area contributed by atoms with Crippen LogP contribution in [0.5, 0.6) is 0 Å². The van der Waals surface area contributed by atoms with E-state index in [1.807, 2.05) is 0 Å². The van der Waals surface area contributed by atoms with Crippen molar-refractivity contribution < 1.29 is 0 Å². The van der Waals surface area contributed by atoms with Crippen molar-refractivity contribution >= 4 is 24.8 Å². The maximum Gasteiger partial charge on any atom is 0.0234 e. The lowest BCUT2D eigenvalue weighted by molar-refractivity contribution is 0.0945. The van der Waals surface area contributed by atoms with Gasteiger partial charge in [0.25, 0.3) is 0 Å². The summed E-state index contributed by atoms with van der Waals surface area (Å²) in [5, 5.41) is 3.71. The summed E-state index contributed by atoms with van der Waals surface area (Å²) in [4.78, 5) is 2.72. The van der Waals surface area contributed by atoms with Crippen molar-refractivity contribution in [2.24, 2.45) is 10.8 Å². The molecular formula is C17H26Cl2N2. The fraction of sp³-hybridized carbons (Fsp3) is 0.647. The molecule has 0 bridgehead atoms. The van der Waals surface area contributed by atoms with E-state index in [4.69, 9.17) is 0 Å². The smallest absolute Gasteiger partial charge is 0.0234 e. The highest BCUT2D eigenvalue weighted by Gasteiger charge is 2.60. The van der Waals surface area contributed by atoms with Crippen LogP contribution in [0.4, 0.5) is 0 Å². The maximum atomic E-state index is 3.71. The van der Waals surface area contributed by atoms with E-state index in [1.54, 1.807) is 0 Å². The van der Waals surface area contributed by atoms with E-state index >= 15 is 0 Å². The fourth-order valence-corrected chi connectivity index (χ4v) is 5.02. The van der Waals surface area contributed by atoms with Crippen molar-refractivity contribution in [1.82, 2.24) is 10.2 Å². The molecule has 21 heavy (non-hydrogen) atoms. The van der Waals surface area contributed by atoms with Crippen LogP contribution in [0.3, 0.4) is 0 Å². The maximum absolute atomic E-state index is 3.71. The Morgan fingerprint density at radius 3 is 2.05 bits per heavy atom. The van der Waals surface area contributed by atoms with Gasteiger partial charge in [-0.1, -0.05) is 43.2 Å². The minimum Gasteiger partial charge on any atom is -0.315 e.